The van der Waals surface area contributed by atoms with Crippen LogP contribution in [0.5, 0.6) is 5.75 Å². The molecule has 1 heterocycles. The number of nitrogens with one attached hydrogen (secondary N) is 2. The van der Waals surface area contributed by atoms with Crippen LogP contribution in [0.1, 0.15) is 43.4 Å². The third kappa shape index (κ3) is 6.51. The molecule has 1 aromatic heterocycles. The molecule has 8 heteroatoms. The SMILES string of the molecule is CCNC(=NCc1cccc(OCC(F)F)c1)NCc1c(CC)noc1CC. The number of benzene rings is 1. The lowest BCUT2D eigenvalue weighted by Crippen LogP contribution is -2.37. The highest BCUT2D eigenvalue weighted by Gasteiger charge is 2.13. The van der Waals surface area contributed by atoms with E-state index in [-0.39, 0.29) is 0 Å². The second kappa shape index (κ2) is 11.3. The van der Waals surface area contributed by atoms with Crippen molar-refractivity contribution < 1.29 is 18.0 Å². The first-order valence-corrected chi connectivity index (χ1v) is 9.55. The molecule has 2 N–H and O–H groups in total. The van der Waals surface area contributed by atoms with Crippen molar-refractivity contribution in [2.75, 3.05) is 13.2 Å². The Morgan fingerprint density at radius 3 is 2.71 bits per heavy atom. The first-order valence-electron chi connectivity index (χ1n) is 9.55. The van der Waals surface area contributed by atoms with Crippen LogP contribution in [0.15, 0.2) is 33.8 Å². The smallest absolute Gasteiger partial charge is 0.272 e. The maximum absolute atomic E-state index is 12.3. The summed E-state index contributed by atoms with van der Waals surface area (Å²) in [5, 5.41) is 10.6. The van der Waals surface area contributed by atoms with E-state index in [9.17, 15) is 8.78 Å². The van der Waals surface area contributed by atoms with Crippen molar-refractivity contribution >= 4 is 5.96 Å². The van der Waals surface area contributed by atoms with Gasteiger partial charge in [0.1, 0.15) is 18.1 Å². The van der Waals surface area contributed by atoms with E-state index < -0.39 is 13.0 Å². The molecule has 154 valence electrons. The molecule has 0 atom stereocenters. The predicted octanol–water partition coefficient (Wildman–Crippen LogP) is 3.70. The number of nitrogens with zero attached hydrogens (tertiary/aromatic N) is 2. The van der Waals surface area contributed by atoms with Gasteiger partial charge in [-0.1, -0.05) is 31.1 Å². The van der Waals surface area contributed by atoms with E-state index >= 15 is 0 Å². The summed E-state index contributed by atoms with van der Waals surface area (Å²) in [6.07, 6.45) is -0.910. The molecule has 0 spiro atoms. The molecular weight excluding hydrogens is 366 g/mol. The number of alkyl halides is 2. The molecule has 0 saturated carbocycles. The van der Waals surface area contributed by atoms with Gasteiger partial charge in [-0.05, 0) is 31.0 Å². The lowest BCUT2D eigenvalue weighted by molar-refractivity contribution is 0.0818. The lowest BCUT2D eigenvalue weighted by atomic mass is 10.1. The molecule has 2 rings (SSSR count). The summed E-state index contributed by atoms with van der Waals surface area (Å²) in [7, 11) is 0. The van der Waals surface area contributed by atoms with E-state index in [4.69, 9.17) is 9.26 Å². The molecule has 0 aliphatic carbocycles. The van der Waals surface area contributed by atoms with Crippen LogP contribution in [0.4, 0.5) is 8.78 Å². The average molecular weight is 394 g/mol. The Morgan fingerprint density at radius 2 is 2.04 bits per heavy atom. The molecule has 0 aliphatic heterocycles. The summed E-state index contributed by atoms with van der Waals surface area (Å²) >= 11 is 0. The van der Waals surface area contributed by atoms with Gasteiger partial charge in [-0.25, -0.2) is 13.8 Å². The van der Waals surface area contributed by atoms with Gasteiger partial charge in [-0.2, -0.15) is 0 Å². The maximum Gasteiger partial charge on any atom is 0.272 e. The lowest BCUT2D eigenvalue weighted by Gasteiger charge is -2.12. The molecule has 28 heavy (non-hydrogen) atoms. The zero-order valence-electron chi connectivity index (χ0n) is 16.6. The van der Waals surface area contributed by atoms with Crippen LogP contribution < -0.4 is 15.4 Å². The van der Waals surface area contributed by atoms with Crippen molar-refractivity contribution in [1.29, 1.82) is 0 Å². The topological polar surface area (TPSA) is 71.7 Å². The summed E-state index contributed by atoms with van der Waals surface area (Å²) in [6, 6.07) is 7.03. The number of ether oxygens (including phenoxy) is 1. The maximum atomic E-state index is 12.3. The minimum absolute atomic E-state index is 0.395. The zero-order valence-corrected chi connectivity index (χ0v) is 16.6. The molecule has 0 aliphatic rings. The minimum atomic E-state index is -2.50. The number of rotatable bonds is 10. The molecular formula is C20H28F2N4O2. The Morgan fingerprint density at radius 1 is 1.21 bits per heavy atom. The van der Waals surface area contributed by atoms with Crippen LogP contribution >= 0.6 is 0 Å². The Bertz CT molecular complexity index is 741. The van der Waals surface area contributed by atoms with Crippen LogP contribution in [0.2, 0.25) is 0 Å². The molecule has 2 aromatic rings. The highest BCUT2D eigenvalue weighted by molar-refractivity contribution is 5.79. The number of aromatic nitrogens is 1. The number of hydrogen-bond acceptors (Lipinski definition) is 4. The number of guanidine groups is 1. The Kier molecular flexibility index (Phi) is 8.71. The molecule has 0 unspecified atom stereocenters. The van der Waals surface area contributed by atoms with Crippen molar-refractivity contribution in [3.63, 3.8) is 0 Å². The van der Waals surface area contributed by atoms with Gasteiger partial charge in [0.2, 0.25) is 0 Å². The van der Waals surface area contributed by atoms with Gasteiger partial charge >= 0.3 is 0 Å². The summed E-state index contributed by atoms with van der Waals surface area (Å²) in [6.45, 7) is 7.13. The average Bonchev–Trinajstić information content (AvgIpc) is 3.10. The Balaban J connectivity index is 2.02. The highest BCUT2D eigenvalue weighted by atomic mass is 19.3. The van der Waals surface area contributed by atoms with Crippen molar-refractivity contribution in [3.8, 4) is 5.75 Å². The Hall–Kier alpha value is -2.64. The van der Waals surface area contributed by atoms with E-state index in [2.05, 4.69) is 20.8 Å². The van der Waals surface area contributed by atoms with Crippen molar-refractivity contribution in [3.05, 3.63) is 46.8 Å². The van der Waals surface area contributed by atoms with Gasteiger partial charge in [-0.15, -0.1) is 0 Å². The van der Waals surface area contributed by atoms with Crippen molar-refractivity contribution in [1.82, 2.24) is 15.8 Å². The standard InChI is InChI=1S/C20H28F2N4O2/c1-4-17-16(18(5-2)28-26-17)12-25-20(23-6-3)24-11-14-8-7-9-15(10-14)27-13-19(21)22/h7-10,19H,4-6,11-13H2,1-3H3,(H2,23,24,25). The number of aliphatic imine (C=N–C) groups is 1. The fourth-order valence-corrected chi connectivity index (χ4v) is 2.71. The van der Waals surface area contributed by atoms with E-state index in [1.807, 2.05) is 26.8 Å². The van der Waals surface area contributed by atoms with E-state index in [1.165, 1.54) is 0 Å². The third-order valence-corrected chi connectivity index (χ3v) is 4.08. The highest BCUT2D eigenvalue weighted by Crippen LogP contribution is 2.16. The summed E-state index contributed by atoms with van der Waals surface area (Å²) < 4.78 is 35.0. The van der Waals surface area contributed by atoms with E-state index in [0.717, 1.165) is 35.4 Å². The predicted molar refractivity (Wildman–Crippen MR) is 105 cm³/mol. The van der Waals surface area contributed by atoms with Crippen LogP contribution in [-0.2, 0) is 25.9 Å². The summed E-state index contributed by atoms with van der Waals surface area (Å²) in [5.74, 6) is 1.95. The number of aryl methyl sites for hydroxylation is 2. The molecule has 0 radical (unpaired) electrons. The fraction of sp³-hybridized carbons (Fsp3) is 0.500. The summed E-state index contributed by atoms with van der Waals surface area (Å²) in [5.41, 5.74) is 2.89. The first-order chi connectivity index (χ1) is 13.6. The van der Waals surface area contributed by atoms with Crippen LogP contribution in [0.25, 0.3) is 0 Å². The molecule has 0 saturated heterocycles. The largest absolute Gasteiger partial charge is 0.488 e. The van der Waals surface area contributed by atoms with Crippen LogP contribution in [0, 0.1) is 0 Å². The van der Waals surface area contributed by atoms with E-state index in [1.54, 1.807) is 18.2 Å². The van der Waals surface area contributed by atoms with Gasteiger partial charge in [0, 0.05) is 25.1 Å². The molecule has 0 amide bonds. The van der Waals surface area contributed by atoms with Crippen molar-refractivity contribution in [2.24, 2.45) is 4.99 Å². The molecule has 1 aromatic carbocycles. The van der Waals surface area contributed by atoms with Gasteiger partial charge < -0.3 is 19.9 Å². The third-order valence-electron chi connectivity index (χ3n) is 4.08. The molecule has 6 nitrogen and oxygen atoms in total. The molecule has 0 fully saturated rings. The Labute approximate surface area is 164 Å². The van der Waals surface area contributed by atoms with Gasteiger partial charge in [0.25, 0.3) is 6.43 Å². The van der Waals surface area contributed by atoms with Gasteiger partial charge in [0.05, 0.1) is 12.2 Å². The zero-order chi connectivity index (χ0) is 20.4. The fourth-order valence-electron chi connectivity index (χ4n) is 2.71. The first kappa shape index (κ1) is 21.7. The van der Waals surface area contributed by atoms with Gasteiger partial charge in [0.15, 0.2) is 5.96 Å². The number of hydrogen-bond donors (Lipinski definition) is 2. The normalized spacial score (nSPS) is 11.7. The second-order valence-electron chi connectivity index (χ2n) is 6.14. The quantitative estimate of drug-likeness (QED) is 0.475. The van der Waals surface area contributed by atoms with Gasteiger partial charge in [-0.3, -0.25) is 0 Å². The summed E-state index contributed by atoms with van der Waals surface area (Å²) in [4.78, 5) is 4.57. The van der Waals surface area contributed by atoms with Crippen LogP contribution in [-0.4, -0.2) is 30.7 Å². The minimum Gasteiger partial charge on any atom is -0.488 e. The van der Waals surface area contributed by atoms with Crippen molar-refractivity contribution in [2.45, 2.75) is 53.1 Å². The van der Waals surface area contributed by atoms with E-state index in [0.29, 0.717) is 31.3 Å². The monoisotopic (exact) mass is 394 g/mol. The van der Waals surface area contributed by atoms with Crippen LogP contribution in [0.3, 0.4) is 0 Å². The second-order valence-corrected chi connectivity index (χ2v) is 6.14. The molecule has 0 bridgehead atoms. The number of halogens is 2.